The van der Waals surface area contributed by atoms with Crippen LogP contribution < -0.4 is 10.5 Å². The third-order valence-electron chi connectivity index (χ3n) is 2.88. The summed E-state index contributed by atoms with van der Waals surface area (Å²) in [5.41, 5.74) is 7.23. The average Bonchev–Trinajstić information content (AvgIpc) is 2.46. The maximum absolute atomic E-state index is 13.7. The van der Waals surface area contributed by atoms with Gasteiger partial charge >= 0.3 is 0 Å². The lowest BCUT2D eigenvalue weighted by Gasteiger charge is -2.10. The van der Waals surface area contributed by atoms with Crippen LogP contribution in [0.5, 0.6) is 5.75 Å². The quantitative estimate of drug-likeness (QED) is 0.884. The molecule has 0 aromatic heterocycles. The monoisotopic (exact) mass is 279 g/mol. The molecule has 106 valence electrons. The molecule has 0 bridgehead atoms. The van der Waals surface area contributed by atoms with Crippen LogP contribution in [-0.4, -0.2) is 5.11 Å². The van der Waals surface area contributed by atoms with E-state index in [-0.39, 0.29) is 19.8 Å². The summed E-state index contributed by atoms with van der Waals surface area (Å²) in [7, 11) is 0. The van der Waals surface area contributed by atoms with E-state index in [4.69, 9.17) is 15.6 Å². The Labute approximate surface area is 115 Å². The predicted molar refractivity (Wildman–Crippen MR) is 70.9 cm³/mol. The van der Waals surface area contributed by atoms with E-state index < -0.39 is 17.4 Å². The molecule has 0 aliphatic rings. The van der Waals surface area contributed by atoms with Gasteiger partial charge in [0.2, 0.25) is 0 Å². The van der Waals surface area contributed by atoms with Gasteiger partial charge in [0.25, 0.3) is 0 Å². The smallest absolute Gasteiger partial charge is 0.191 e. The fourth-order valence-electron chi connectivity index (χ4n) is 1.76. The zero-order valence-electron chi connectivity index (χ0n) is 10.8. The van der Waals surface area contributed by atoms with Crippen LogP contribution in [0.25, 0.3) is 0 Å². The Hall–Kier alpha value is -1.98. The first-order chi connectivity index (χ1) is 9.63. The van der Waals surface area contributed by atoms with Crippen molar-refractivity contribution in [2.45, 2.75) is 19.8 Å². The summed E-state index contributed by atoms with van der Waals surface area (Å²) >= 11 is 0. The molecule has 0 fully saturated rings. The first-order valence-electron chi connectivity index (χ1n) is 6.13. The maximum atomic E-state index is 13.7. The van der Waals surface area contributed by atoms with Crippen LogP contribution in [0.15, 0.2) is 36.4 Å². The van der Waals surface area contributed by atoms with Gasteiger partial charge in [-0.05, 0) is 28.8 Å². The molecule has 2 aromatic rings. The molecule has 2 aromatic carbocycles. The molecule has 0 saturated carbocycles. The lowest BCUT2D eigenvalue weighted by atomic mass is 10.1. The van der Waals surface area contributed by atoms with Gasteiger partial charge in [0, 0.05) is 6.54 Å². The van der Waals surface area contributed by atoms with Crippen molar-refractivity contribution in [3.05, 3.63) is 64.7 Å². The van der Waals surface area contributed by atoms with E-state index in [1.165, 1.54) is 0 Å². The minimum Gasteiger partial charge on any atom is -0.483 e. The van der Waals surface area contributed by atoms with Crippen LogP contribution in [0, 0.1) is 11.6 Å². The van der Waals surface area contributed by atoms with E-state index in [9.17, 15) is 8.78 Å². The zero-order chi connectivity index (χ0) is 14.5. The molecule has 0 saturated heterocycles. The summed E-state index contributed by atoms with van der Waals surface area (Å²) in [6.07, 6.45) is 0. The molecule has 0 radical (unpaired) electrons. The molecule has 3 N–H and O–H groups in total. The Balaban J connectivity index is 2.10. The molecule has 5 heteroatoms. The third kappa shape index (κ3) is 3.31. The van der Waals surface area contributed by atoms with Crippen LogP contribution in [-0.2, 0) is 19.8 Å². The molecular formula is C15H15F2NO2. The van der Waals surface area contributed by atoms with Gasteiger partial charge in [0.1, 0.15) is 6.61 Å². The number of rotatable bonds is 5. The van der Waals surface area contributed by atoms with Gasteiger partial charge in [-0.2, -0.15) is 0 Å². The summed E-state index contributed by atoms with van der Waals surface area (Å²) < 4.78 is 32.5. The van der Waals surface area contributed by atoms with Crippen LogP contribution in [0.4, 0.5) is 8.78 Å². The summed E-state index contributed by atoms with van der Waals surface area (Å²) in [5, 5.41) is 8.92. The van der Waals surface area contributed by atoms with E-state index in [0.717, 1.165) is 23.3 Å². The van der Waals surface area contributed by atoms with E-state index in [2.05, 4.69) is 0 Å². The SMILES string of the molecule is NCc1cc(F)c(OCc2ccc(CO)cc2)c(F)c1. The third-order valence-corrected chi connectivity index (χ3v) is 2.88. The average molecular weight is 279 g/mol. The highest BCUT2D eigenvalue weighted by Gasteiger charge is 2.12. The second-order valence-corrected chi connectivity index (χ2v) is 4.36. The molecule has 0 unspecified atom stereocenters. The molecule has 2 rings (SSSR count). The molecule has 0 amide bonds. The minimum absolute atomic E-state index is 0.0432. The van der Waals surface area contributed by atoms with Crippen molar-refractivity contribution in [3.8, 4) is 5.75 Å². The Kier molecular flexibility index (Phi) is 4.65. The summed E-state index contributed by atoms with van der Waals surface area (Å²) in [6.45, 7) is 0.0587. The first kappa shape index (κ1) is 14.4. The van der Waals surface area contributed by atoms with E-state index >= 15 is 0 Å². The number of ether oxygens (including phenoxy) is 1. The number of aliphatic hydroxyl groups excluding tert-OH is 1. The highest BCUT2D eigenvalue weighted by Crippen LogP contribution is 2.24. The van der Waals surface area contributed by atoms with Crippen molar-refractivity contribution >= 4 is 0 Å². The number of hydrogen-bond donors (Lipinski definition) is 2. The highest BCUT2D eigenvalue weighted by atomic mass is 19.1. The second kappa shape index (κ2) is 6.45. The molecular weight excluding hydrogens is 264 g/mol. The van der Waals surface area contributed by atoms with Gasteiger partial charge in [0.05, 0.1) is 6.61 Å². The largest absolute Gasteiger partial charge is 0.483 e. The number of aliphatic hydroxyl groups is 1. The molecule has 0 spiro atoms. The summed E-state index contributed by atoms with van der Waals surface area (Å²) in [6, 6.07) is 9.23. The zero-order valence-corrected chi connectivity index (χ0v) is 10.8. The van der Waals surface area contributed by atoms with Gasteiger partial charge in [-0.1, -0.05) is 24.3 Å². The lowest BCUT2D eigenvalue weighted by molar-refractivity contribution is 0.272. The van der Waals surface area contributed by atoms with Crippen molar-refractivity contribution in [1.29, 1.82) is 0 Å². The van der Waals surface area contributed by atoms with Crippen molar-refractivity contribution < 1.29 is 18.6 Å². The van der Waals surface area contributed by atoms with Gasteiger partial charge in [-0.25, -0.2) is 8.78 Å². The number of halogens is 2. The number of nitrogens with two attached hydrogens (primary N) is 1. The van der Waals surface area contributed by atoms with E-state index in [0.29, 0.717) is 5.56 Å². The standard InChI is InChI=1S/C15H15F2NO2/c16-13-5-12(7-18)6-14(17)15(13)20-9-11-3-1-10(8-19)2-4-11/h1-6,19H,7-9,18H2. The summed E-state index contributed by atoms with van der Waals surface area (Å²) in [5.74, 6) is -1.94. The second-order valence-electron chi connectivity index (χ2n) is 4.36. The Bertz CT molecular complexity index is 562. The molecule has 0 aliphatic carbocycles. The minimum atomic E-state index is -0.766. The van der Waals surface area contributed by atoms with Crippen LogP contribution in [0.1, 0.15) is 16.7 Å². The Morgan fingerprint density at radius 1 is 0.950 bits per heavy atom. The summed E-state index contributed by atoms with van der Waals surface area (Å²) in [4.78, 5) is 0. The normalized spacial score (nSPS) is 10.6. The predicted octanol–water partition coefficient (Wildman–Crippen LogP) is 2.49. The fourth-order valence-corrected chi connectivity index (χ4v) is 1.76. The Morgan fingerprint density at radius 2 is 1.50 bits per heavy atom. The molecule has 20 heavy (non-hydrogen) atoms. The first-order valence-corrected chi connectivity index (χ1v) is 6.13. The van der Waals surface area contributed by atoms with Crippen LogP contribution in [0.2, 0.25) is 0 Å². The maximum Gasteiger partial charge on any atom is 0.191 e. The van der Waals surface area contributed by atoms with Crippen LogP contribution >= 0.6 is 0 Å². The molecule has 0 atom stereocenters. The fraction of sp³-hybridized carbons (Fsp3) is 0.200. The topological polar surface area (TPSA) is 55.5 Å². The van der Waals surface area contributed by atoms with Crippen molar-refractivity contribution in [1.82, 2.24) is 0 Å². The van der Waals surface area contributed by atoms with E-state index in [1.54, 1.807) is 24.3 Å². The number of benzene rings is 2. The van der Waals surface area contributed by atoms with Crippen molar-refractivity contribution in [2.24, 2.45) is 5.73 Å². The van der Waals surface area contributed by atoms with Gasteiger partial charge < -0.3 is 15.6 Å². The highest BCUT2D eigenvalue weighted by molar-refractivity contribution is 5.32. The van der Waals surface area contributed by atoms with Crippen molar-refractivity contribution in [3.63, 3.8) is 0 Å². The lowest BCUT2D eigenvalue weighted by Crippen LogP contribution is -2.03. The molecule has 3 nitrogen and oxygen atoms in total. The van der Waals surface area contributed by atoms with Gasteiger partial charge in [-0.3, -0.25) is 0 Å². The van der Waals surface area contributed by atoms with Gasteiger partial charge in [-0.15, -0.1) is 0 Å². The molecule has 0 heterocycles. The van der Waals surface area contributed by atoms with Crippen LogP contribution in [0.3, 0.4) is 0 Å². The van der Waals surface area contributed by atoms with Gasteiger partial charge in [0.15, 0.2) is 17.4 Å². The molecule has 0 aliphatic heterocycles. The van der Waals surface area contributed by atoms with Crippen molar-refractivity contribution in [2.75, 3.05) is 0 Å². The number of hydrogen-bond acceptors (Lipinski definition) is 3. The van der Waals surface area contributed by atoms with E-state index in [1.807, 2.05) is 0 Å². The Morgan fingerprint density at radius 3 is 2.00 bits per heavy atom.